The van der Waals surface area contributed by atoms with Gasteiger partial charge in [-0.3, -0.25) is 9.79 Å². The maximum absolute atomic E-state index is 13.7. The number of hydrogen-bond donors (Lipinski definition) is 5. The van der Waals surface area contributed by atoms with Gasteiger partial charge in [0.1, 0.15) is 18.0 Å². The number of ether oxygens (including phenoxy) is 2. The molecular formula is C47H58N4O6. The number of aliphatic hydroxyl groups is 3. The molecule has 1 aliphatic carbocycles. The number of aryl methyl sites for hydroxylation is 1. The molecule has 0 aromatic heterocycles. The Bertz CT molecular complexity index is 2030. The molecule has 0 radical (unpaired) electrons. The van der Waals surface area contributed by atoms with Crippen molar-refractivity contribution in [3.05, 3.63) is 82.2 Å². The number of carbonyl (C=O) groups is 1. The molecule has 1 spiro atoms. The zero-order chi connectivity index (χ0) is 40.1. The standard InChI is InChI=1S/C47H58N4O6/c1-3-5-6-10-36(42(55)26-34(52)9-4-2)41(54)16-11-30-12-18-43-44(23-30)57-46-38(47(21-22-56-43)19-7-8-20-47)15-17-40(53)35-14-13-31(45(48)49)24-32(35)25-33-27-50-39-29-51(46)28-37(33)39/h12-14,18,23-24,27-28,34,36,38,40,42,45-46,52-53,55H,3-11,16,19-20,25-26,29,48-49H2,1-2H3/t34-,36-,38-,40+,42-,46-/m1/s1. The molecule has 1 saturated carbocycles. The second-order valence-electron chi connectivity index (χ2n) is 16.6. The number of ketones is 1. The number of carbonyl (C=O) groups excluding carboxylic acids is 1. The van der Waals surface area contributed by atoms with E-state index >= 15 is 0 Å². The first-order valence-corrected chi connectivity index (χ1v) is 21.0. The van der Waals surface area contributed by atoms with Crippen LogP contribution < -0.4 is 20.9 Å². The van der Waals surface area contributed by atoms with E-state index in [0.29, 0.717) is 49.3 Å². The van der Waals surface area contributed by atoms with Crippen molar-refractivity contribution in [3.63, 3.8) is 0 Å². The molecule has 1 fully saturated rings. The normalized spacial score (nSPS) is 23.1. The highest BCUT2D eigenvalue weighted by Gasteiger charge is 2.48. The van der Waals surface area contributed by atoms with Crippen molar-refractivity contribution in [2.24, 2.45) is 33.7 Å². The summed E-state index contributed by atoms with van der Waals surface area (Å²) in [6, 6.07) is 11.4. The molecule has 4 heterocycles. The number of allylic oxidation sites excluding steroid dienone is 1. The largest absolute Gasteiger partial charge is 0.465 e. The third-order valence-corrected chi connectivity index (χ3v) is 12.5. The Morgan fingerprint density at radius 2 is 1.86 bits per heavy atom. The quantitative estimate of drug-likeness (QED) is 0.0845. The predicted octanol–water partition coefficient (Wildman–Crippen LogP) is 6.28. The Kier molecular flexibility index (Phi) is 12.9. The van der Waals surface area contributed by atoms with Crippen LogP contribution in [0.3, 0.4) is 0 Å². The number of benzene rings is 2. The van der Waals surface area contributed by atoms with Crippen molar-refractivity contribution in [2.45, 2.75) is 134 Å². The van der Waals surface area contributed by atoms with Crippen LogP contribution in [0, 0.1) is 41.1 Å². The average Bonchev–Trinajstić information content (AvgIpc) is 3.94. The third kappa shape index (κ3) is 9.02. The molecule has 2 bridgehead atoms. The Morgan fingerprint density at radius 3 is 2.63 bits per heavy atom. The van der Waals surface area contributed by atoms with Crippen LogP contribution in [0.2, 0.25) is 0 Å². The summed E-state index contributed by atoms with van der Waals surface area (Å²) in [5.41, 5.74) is 17.9. The number of aliphatic hydroxyl groups excluding tert-OH is 3. The molecule has 10 nitrogen and oxygen atoms in total. The van der Waals surface area contributed by atoms with Gasteiger partial charge in [-0.15, -0.1) is 0 Å². The fourth-order valence-corrected chi connectivity index (χ4v) is 9.21. The van der Waals surface area contributed by atoms with E-state index in [-0.39, 0.29) is 18.6 Å². The molecule has 5 aliphatic rings. The molecule has 7 rings (SSSR count). The molecule has 7 N–H and O–H groups in total. The predicted molar refractivity (Wildman–Crippen MR) is 220 cm³/mol. The van der Waals surface area contributed by atoms with Gasteiger partial charge in [-0.1, -0.05) is 94.4 Å². The van der Waals surface area contributed by atoms with Gasteiger partial charge in [0, 0.05) is 36.7 Å². The lowest BCUT2D eigenvalue weighted by Crippen LogP contribution is -2.47. The number of unbranched alkanes of at least 4 members (excludes halogenated alkanes) is 2. The lowest BCUT2D eigenvalue weighted by atomic mass is 9.73. The van der Waals surface area contributed by atoms with E-state index < -0.39 is 48.0 Å². The van der Waals surface area contributed by atoms with Crippen molar-refractivity contribution in [1.82, 2.24) is 4.90 Å². The Balaban J connectivity index is 1.21. The first-order valence-electron chi connectivity index (χ1n) is 21.0. The first-order chi connectivity index (χ1) is 27.6. The highest BCUT2D eigenvalue weighted by molar-refractivity contribution is 6.09. The van der Waals surface area contributed by atoms with Crippen molar-refractivity contribution < 1.29 is 29.6 Å². The van der Waals surface area contributed by atoms with E-state index in [1.807, 2.05) is 49.5 Å². The Morgan fingerprint density at radius 1 is 1.04 bits per heavy atom. The van der Waals surface area contributed by atoms with Crippen LogP contribution in [0.15, 0.2) is 64.9 Å². The topological polar surface area (TPSA) is 164 Å². The van der Waals surface area contributed by atoms with Crippen LogP contribution in [0.1, 0.15) is 125 Å². The van der Waals surface area contributed by atoms with Gasteiger partial charge in [0.15, 0.2) is 17.7 Å². The van der Waals surface area contributed by atoms with E-state index in [1.54, 1.807) is 0 Å². The molecule has 0 amide bonds. The van der Waals surface area contributed by atoms with Crippen molar-refractivity contribution >= 4 is 11.5 Å². The zero-order valence-electron chi connectivity index (χ0n) is 33.4. The lowest BCUT2D eigenvalue weighted by Gasteiger charge is -2.39. The summed E-state index contributed by atoms with van der Waals surface area (Å²) in [5.74, 6) is 10.3. The van der Waals surface area contributed by atoms with Gasteiger partial charge in [-0.2, -0.15) is 0 Å². The Hall–Kier alpha value is -4.42. The van der Waals surface area contributed by atoms with Crippen LogP contribution in [0.25, 0.3) is 0 Å². The summed E-state index contributed by atoms with van der Waals surface area (Å²) in [6.45, 7) is 4.64. The van der Waals surface area contributed by atoms with Gasteiger partial charge in [0.25, 0.3) is 0 Å². The molecule has 6 atom stereocenters. The number of aliphatic imine (C=N–C) groups is 1. The van der Waals surface area contributed by atoms with Gasteiger partial charge in [-0.25, -0.2) is 0 Å². The van der Waals surface area contributed by atoms with Gasteiger partial charge >= 0.3 is 0 Å². The summed E-state index contributed by atoms with van der Waals surface area (Å²) in [6.07, 6.45) is 13.2. The van der Waals surface area contributed by atoms with Crippen LogP contribution in [0.5, 0.6) is 11.5 Å². The highest BCUT2D eigenvalue weighted by atomic mass is 16.5. The molecule has 2 aromatic carbocycles. The summed E-state index contributed by atoms with van der Waals surface area (Å²) in [7, 11) is 0. The molecule has 0 unspecified atom stereocenters. The third-order valence-electron chi connectivity index (χ3n) is 12.5. The number of nitrogens with zero attached hydrogens (tertiary/aromatic N) is 2. The summed E-state index contributed by atoms with van der Waals surface area (Å²) >= 11 is 0. The van der Waals surface area contributed by atoms with Crippen LogP contribution in [-0.2, 0) is 17.6 Å². The lowest BCUT2D eigenvalue weighted by molar-refractivity contribution is -0.127. The number of rotatable bonds is 14. The second kappa shape index (κ2) is 18.0. The number of fused-ring (bicyclic) bond motifs is 6. The van der Waals surface area contributed by atoms with Gasteiger partial charge in [0.2, 0.25) is 0 Å². The summed E-state index contributed by atoms with van der Waals surface area (Å²) < 4.78 is 13.2. The fraction of sp³-hybridized carbons (Fsp3) is 0.532. The maximum atomic E-state index is 13.7. The van der Waals surface area contributed by atoms with Gasteiger partial charge < -0.3 is 41.2 Å². The SMILES string of the molecule is CCCCC[C@H](C(=O)CCc1ccc2c(c1)O[C@@H]1[C@@H](C#C[C@H](O)c3ccc(C(N)N)cc3CC3=CN=C4CN1C=C34)C1(C#CO2)CCCC1)[C@H](O)C[C@H](O)CCC. The number of hydrogen-bond acceptors (Lipinski definition) is 10. The van der Waals surface area contributed by atoms with Crippen molar-refractivity contribution in [1.29, 1.82) is 0 Å². The average molecular weight is 775 g/mol. The van der Waals surface area contributed by atoms with Crippen LogP contribution in [-0.4, -0.2) is 56.7 Å². The van der Waals surface area contributed by atoms with Crippen molar-refractivity contribution in [3.8, 4) is 35.4 Å². The minimum atomic E-state index is -1.07. The smallest absolute Gasteiger partial charge is 0.187 e. The summed E-state index contributed by atoms with van der Waals surface area (Å²) in [4.78, 5) is 20.8. The molecule has 4 aliphatic heterocycles. The molecule has 302 valence electrons. The van der Waals surface area contributed by atoms with E-state index in [0.717, 1.165) is 84.9 Å². The molecule has 57 heavy (non-hydrogen) atoms. The molecule has 2 aromatic rings. The van der Waals surface area contributed by atoms with E-state index in [2.05, 4.69) is 41.9 Å². The number of nitrogens with two attached hydrogens (primary N) is 2. The molecule has 0 saturated heterocycles. The highest BCUT2D eigenvalue weighted by Crippen LogP contribution is 2.49. The monoisotopic (exact) mass is 774 g/mol. The van der Waals surface area contributed by atoms with E-state index in [1.165, 1.54) is 0 Å². The zero-order valence-corrected chi connectivity index (χ0v) is 33.4. The fourth-order valence-electron chi connectivity index (χ4n) is 9.21. The number of Topliss-reactive ketones (excluding diaryl/α,β-unsaturated/α-hetero) is 1. The van der Waals surface area contributed by atoms with Crippen LogP contribution in [0.4, 0.5) is 0 Å². The Labute approximate surface area is 337 Å². The first kappa shape index (κ1) is 40.8. The van der Waals surface area contributed by atoms with Gasteiger partial charge in [-0.05, 0) is 78.5 Å². The van der Waals surface area contributed by atoms with Crippen molar-refractivity contribution in [2.75, 3.05) is 6.54 Å². The van der Waals surface area contributed by atoms with E-state index in [4.69, 9.17) is 25.9 Å². The minimum Gasteiger partial charge on any atom is -0.465 e. The summed E-state index contributed by atoms with van der Waals surface area (Å²) in [5, 5.41) is 33.3. The molecule has 10 heteroatoms. The molecular weight excluding hydrogens is 717 g/mol. The maximum Gasteiger partial charge on any atom is 0.187 e. The van der Waals surface area contributed by atoms with Gasteiger partial charge in [0.05, 0.1) is 42.0 Å². The second-order valence-corrected chi connectivity index (χ2v) is 16.6. The van der Waals surface area contributed by atoms with E-state index in [9.17, 15) is 20.1 Å². The van der Waals surface area contributed by atoms with Crippen LogP contribution >= 0.6 is 0 Å². The minimum absolute atomic E-state index is 0.00815.